The maximum absolute atomic E-state index is 12.9. The van der Waals surface area contributed by atoms with Gasteiger partial charge in [0.1, 0.15) is 23.4 Å². The predicted molar refractivity (Wildman–Crippen MR) is 114 cm³/mol. The molecule has 1 aliphatic heterocycles. The van der Waals surface area contributed by atoms with E-state index in [0.717, 1.165) is 31.5 Å². The van der Waals surface area contributed by atoms with Gasteiger partial charge in [-0.15, -0.1) is 13.2 Å². The third-order valence-electron chi connectivity index (χ3n) is 6.28. The number of rotatable bonds is 4. The van der Waals surface area contributed by atoms with Crippen molar-refractivity contribution in [3.63, 3.8) is 0 Å². The summed E-state index contributed by atoms with van der Waals surface area (Å²) >= 11 is 0. The van der Waals surface area contributed by atoms with Crippen LogP contribution in [0.15, 0.2) is 25.4 Å². The predicted octanol–water partition coefficient (Wildman–Crippen LogP) is 5.25. The fraction of sp³-hybridized carbons (Fsp3) is 0.652. The lowest BCUT2D eigenvalue weighted by molar-refractivity contribution is -0.141. The zero-order chi connectivity index (χ0) is 24.1. The SMILES string of the molecule is C=C.CC(=O)C1CC(C)CC(C(C)OC(=O)N2CCC(c3nccc(C(F)(F)F)n3)C2)C1. The minimum Gasteiger partial charge on any atom is -0.446 e. The molecule has 178 valence electrons. The van der Waals surface area contributed by atoms with Crippen LogP contribution in [0.4, 0.5) is 18.0 Å². The monoisotopic (exact) mass is 455 g/mol. The number of ketones is 1. The Hall–Kier alpha value is -2.45. The second kappa shape index (κ2) is 10.9. The molecule has 6 nitrogen and oxygen atoms in total. The maximum atomic E-state index is 12.9. The van der Waals surface area contributed by atoms with Crippen LogP contribution in [0.5, 0.6) is 0 Å². The number of hydrogen-bond donors (Lipinski definition) is 0. The van der Waals surface area contributed by atoms with Crippen molar-refractivity contribution < 1.29 is 27.5 Å². The largest absolute Gasteiger partial charge is 0.446 e. The first kappa shape index (κ1) is 25.8. The lowest BCUT2D eigenvalue weighted by Crippen LogP contribution is -2.37. The van der Waals surface area contributed by atoms with Gasteiger partial charge in [-0.1, -0.05) is 6.92 Å². The van der Waals surface area contributed by atoms with E-state index >= 15 is 0 Å². The van der Waals surface area contributed by atoms with Crippen molar-refractivity contribution in [1.29, 1.82) is 0 Å². The molecule has 0 radical (unpaired) electrons. The molecular weight excluding hydrogens is 423 g/mol. The number of Topliss-reactive ketones (excluding diaryl/α,β-unsaturated/α-hetero) is 1. The van der Waals surface area contributed by atoms with Crippen molar-refractivity contribution in [3.05, 3.63) is 36.9 Å². The molecule has 32 heavy (non-hydrogen) atoms. The van der Waals surface area contributed by atoms with Crippen molar-refractivity contribution in [2.24, 2.45) is 17.8 Å². The first-order valence-corrected chi connectivity index (χ1v) is 10.9. The molecule has 0 N–H and O–H groups in total. The summed E-state index contributed by atoms with van der Waals surface area (Å²) in [6.45, 7) is 12.2. The number of hydrogen-bond acceptors (Lipinski definition) is 5. The van der Waals surface area contributed by atoms with Gasteiger partial charge < -0.3 is 9.64 Å². The number of carbonyl (C=O) groups is 2. The van der Waals surface area contributed by atoms with Crippen molar-refractivity contribution in [3.8, 4) is 0 Å². The van der Waals surface area contributed by atoms with Crippen LogP contribution in [-0.4, -0.2) is 45.9 Å². The molecule has 1 aromatic rings. The number of likely N-dealkylation sites (tertiary alicyclic amines) is 1. The van der Waals surface area contributed by atoms with Gasteiger partial charge in [0.15, 0.2) is 0 Å². The Bertz CT molecular complexity index is 802. The number of alkyl halides is 3. The summed E-state index contributed by atoms with van der Waals surface area (Å²) in [5.41, 5.74) is -0.978. The quantitative estimate of drug-likeness (QED) is 0.580. The molecule has 9 heteroatoms. The topological polar surface area (TPSA) is 72.4 Å². The van der Waals surface area contributed by atoms with Crippen molar-refractivity contribution in [2.75, 3.05) is 13.1 Å². The summed E-state index contributed by atoms with van der Waals surface area (Å²) in [7, 11) is 0. The summed E-state index contributed by atoms with van der Waals surface area (Å²) in [6, 6.07) is 0.839. The zero-order valence-corrected chi connectivity index (χ0v) is 18.9. The average molecular weight is 456 g/mol. The Labute approximate surface area is 187 Å². The normalized spacial score (nSPS) is 26.6. The van der Waals surface area contributed by atoms with Crippen LogP contribution in [0.1, 0.15) is 63.9 Å². The van der Waals surface area contributed by atoms with Gasteiger partial charge in [0, 0.05) is 31.1 Å². The molecule has 2 fully saturated rings. The molecule has 5 unspecified atom stereocenters. The second-order valence-corrected chi connectivity index (χ2v) is 8.70. The van der Waals surface area contributed by atoms with Gasteiger partial charge in [0.25, 0.3) is 0 Å². The highest BCUT2D eigenvalue weighted by Crippen LogP contribution is 2.37. The number of aromatic nitrogens is 2. The smallest absolute Gasteiger partial charge is 0.433 e. The fourth-order valence-corrected chi connectivity index (χ4v) is 4.57. The molecule has 0 bridgehead atoms. The summed E-state index contributed by atoms with van der Waals surface area (Å²) in [6.07, 6.45) is -1.26. The van der Waals surface area contributed by atoms with Crippen LogP contribution >= 0.6 is 0 Å². The van der Waals surface area contributed by atoms with Gasteiger partial charge in [-0.25, -0.2) is 14.8 Å². The van der Waals surface area contributed by atoms with Gasteiger partial charge >= 0.3 is 12.3 Å². The Morgan fingerprint density at radius 3 is 2.56 bits per heavy atom. The zero-order valence-electron chi connectivity index (χ0n) is 18.9. The minimum atomic E-state index is -4.53. The Morgan fingerprint density at radius 1 is 1.25 bits per heavy atom. The number of ether oxygens (including phenoxy) is 1. The molecule has 1 aliphatic carbocycles. The summed E-state index contributed by atoms with van der Waals surface area (Å²) < 4.78 is 44.3. The highest BCUT2D eigenvalue weighted by molar-refractivity contribution is 5.78. The molecule has 0 aromatic carbocycles. The van der Waals surface area contributed by atoms with E-state index in [-0.39, 0.29) is 42.0 Å². The van der Waals surface area contributed by atoms with Gasteiger partial charge in [-0.2, -0.15) is 13.2 Å². The van der Waals surface area contributed by atoms with Crippen LogP contribution in [0, 0.1) is 17.8 Å². The minimum absolute atomic E-state index is 0.00845. The van der Waals surface area contributed by atoms with E-state index in [2.05, 4.69) is 30.0 Å². The van der Waals surface area contributed by atoms with Crippen molar-refractivity contribution >= 4 is 11.9 Å². The van der Waals surface area contributed by atoms with E-state index in [1.807, 2.05) is 6.92 Å². The Morgan fingerprint density at radius 2 is 1.94 bits per heavy atom. The van der Waals surface area contributed by atoms with E-state index in [0.29, 0.717) is 18.9 Å². The maximum Gasteiger partial charge on any atom is 0.433 e. The lowest BCUT2D eigenvalue weighted by Gasteiger charge is -2.35. The van der Waals surface area contributed by atoms with Crippen molar-refractivity contribution in [2.45, 2.75) is 64.7 Å². The first-order valence-electron chi connectivity index (χ1n) is 10.9. The number of halogens is 3. The van der Waals surface area contributed by atoms with E-state index in [4.69, 9.17) is 4.74 Å². The van der Waals surface area contributed by atoms with Crippen LogP contribution in [0.3, 0.4) is 0 Å². The van der Waals surface area contributed by atoms with Crippen molar-refractivity contribution in [1.82, 2.24) is 14.9 Å². The molecule has 0 spiro atoms. The van der Waals surface area contributed by atoms with Crippen LogP contribution in [0.2, 0.25) is 0 Å². The third-order valence-corrected chi connectivity index (χ3v) is 6.28. The number of nitrogens with zero attached hydrogens (tertiary/aromatic N) is 3. The Kier molecular flexibility index (Phi) is 8.81. The molecule has 3 rings (SSSR count). The van der Waals surface area contributed by atoms with Crippen LogP contribution in [-0.2, 0) is 15.7 Å². The molecule has 2 aliphatic rings. The average Bonchev–Trinajstić information content (AvgIpc) is 3.24. The van der Waals surface area contributed by atoms with Gasteiger partial charge in [0.2, 0.25) is 0 Å². The van der Waals surface area contributed by atoms with E-state index < -0.39 is 18.0 Å². The molecule has 2 heterocycles. The number of carbonyl (C=O) groups excluding carboxylic acids is 2. The van der Waals surface area contributed by atoms with Crippen LogP contribution in [0.25, 0.3) is 0 Å². The van der Waals surface area contributed by atoms with E-state index in [1.54, 1.807) is 6.92 Å². The van der Waals surface area contributed by atoms with Gasteiger partial charge in [0.05, 0.1) is 0 Å². The molecule has 1 amide bonds. The Balaban J connectivity index is 0.00000176. The summed E-state index contributed by atoms with van der Waals surface area (Å²) in [5, 5.41) is 0. The summed E-state index contributed by atoms with van der Waals surface area (Å²) in [4.78, 5) is 33.5. The van der Waals surface area contributed by atoms with E-state index in [9.17, 15) is 22.8 Å². The first-order chi connectivity index (χ1) is 15.0. The van der Waals surface area contributed by atoms with Gasteiger partial charge in [-0.3, -0.25) is 4.79 Å². The van der Waals surface area contributed by atoms with E-state index in [1.165, 1.54) is 4.90 Å². The third kappa shape index (κ3) is 6.53. The molecule has 1 aromatic heterocycles. The standard InChI is InChI=1S/C21H28F3N3O3.C2H4/c1-12-8-16(13(2)28)10-17(9-12)14(3)30-20(29)27-7-5-15(11-27)19-25-6-4-18(26-19)21(22,23)24;1-2/h4,6,12,14-17H,5,7-11H2,1-3H3;1-2H2. The highest BCUT2D eigenvalue weighted by Gasteiger charge is 2.37. The highest BCUT2D eigenvalue weighted by atomic mass is 19.4. The lowest BCUT2D eigenvalue weighted by atomic mass is 9.73. The number of amides is 1. The molecule has 5 atom stereocenters. The van der Waals surface area contributed by atoms with Crippen LogP contribution < -0.4 is 0 Å². The second-order valence-electron chi connectivity index (χ2n) is 8.70. The fourth-order valence-electron chi connectivity index (χ4n) is 4.57. The molecule has 1 saturated carbocycles. The summed E-state index contributed by atoms with van der Waals surface area (Å²) in [5.74, 6) is 0.443. The molecular formula is C23H32F3N3O3. The molecule has 1 saturated heterocycles. The van der Waals surface area contributed by atoms with Gasteiger partial charge in [-0.05, 0) is 57.4 Å².